The fraction of sp³-hybridized carbons (Fsp3) is 0.115. The van der Waals surface area contributed by atoms with E-state index in [0.29, 0.717) is 22.3 Å². The minimum Gasteiger partial charge on any atom is -0.868 e. The highest BCUT2D eigenvalue weighted by molar-refractivity contribution is 6.15. The second-order valence-electron chi connectivity index (χ2n) is 7.83. The molecule has 1 N–H and O–H groups in total. The average molecular weight is 458 g/mol. The normalized spacial score (nSPS) is 15.9. The lowest BCUT2D eigenvalue weighted by molar-refractivity contribution is -0.378. The van der Waals surface area contributed by atoms with Gasteiger partial charge in [-0.25, -0.2) is 9.37 Å². The van der Waals surface area contributed by atoms with Gasteiger partial charge in [0, 0.05) is 28.2 Å². The molecular formula is C26H19FN2O5. The zero-order valence-corrected chi connectivity index (χ0v) is 18.1. The summed E-state index contributed by atoms with van der Waals surface area (Å²) >= 11 is 0. The maximum absolute atomic E-state index is 14.9. The Hall–Kier alpha value is -4.46. The highest BCUT2D eigenvalue weighted by Crippen LogP contribution is 2.41. The summed E-state index contributed by atoms with van der Waals surface area (Å²) in [5.74, 6) is -2.97. The van der Waals surface area contributed by atoms with Gasteiger partial charge in [0.25, 0.3) is 0 Å². The molecule has 0 saturated heterocycles. The van der Waals surface area contributed by atoms with Crippen molar-refractivity contribution in [3.63, 3.8) is 0 Å². The van der Waals surface area contributed by atoms with E-state index in [2.05, 4.69) is 4.98 Å². The number of furan rings is 1. The van der Waals surface area contributed by atoms with Gasteiger partial charge in [-0.2, -0.15) is 0 Å². The number of rotatable bonds is 6. The minimum absolute atomic E-state index is 0.00560. The molecule has 34 heavy (non-hydrogen) atoms. The Labute approximate surface area is 193 Å². The molecule has 4 aromatic rings. The van der Waals surface area contributed by atoms with Gasteiger partial charge in [0.1, 0.15) is 5.82 Å². The van der Waals surface area contributed by atoms with Gasteiger partial charge >= 0.3 is 0 Å². The van der Waals surface area contributed by atoms with Crippen molar-refractivity contribution < 1.29 is 33.2 Å². The molecule has 170 valence electrons. The fourth-order valence-electron chi connectivity index (χ4n) is 4.22. The Morgan fingerprint density at radius 1 is 1.18 bits per heavy atom. The lowest BCUT2D eigenvalue weighted by Gasteiger charge is -2.27. The number of aromatic nitrogens is 1. The predicted octanol–water partition coefficient (Wildman–Crippen LogP) is 2.98. The Balaban J connectivity index is 1.62. The van der Waals surface area contributed by atoms with Crippen molar-refractivity contribution in [2.75, 3.05) is 7.11 Å². The number of amides is 1. The van der Waals surface area contributed by atoms with Crippen LogP contribution in [0.25, 0.3) is 11.0 Å². The summed E-state index contributed by atoms with van der Waals surface area (Å²) < 4.78 is 25.9. The summed E-state index contributed by atoms with van der Waals surface area (Å²) in [4.78, 5) is 30.7. The second-order valence-corrected chi connectivity index (χ2v) is 7.83. The van der Waals surface area contributed by atoms with E-state index in [1.807, 2.05) is 0 Å². The van der Waals surface area contributed by atoms with Crippen LogP contribution in [0.1, 0.15) is 27.7 Å². The van der Waals surface area contributed by atoms with Crippen LogP contribution in [0.2, 0.25) is 0 Å². The topological polar surface area (TPSA) is 97.0 Å². The molecule has 0 spiro atoms. The van der Waals surface area contributed by atoms with Crippen LogP contribution in [-0.2, 0) is 11.3 Å². The first-order valence-corrected chi connectivity index (χ1v) is 10.5. The third-order valence-electron chi connectivity index (χ3n) is 5.81. The molecule has 5 rings (SSSR count). The Bertz CT molecular complexity index is 1440. The summed E-state index contributed by atoms with van der Waals surface area (Å²) in [6.45, 7) is 0.00560. The van der Waals surface area contributed by atoms with Crippen LogP contribution in [0.5, 0.6) is 5.75 Å². The number of pyridine rings is 1. The van der Waals surface area contributed by atoms with E-state index in [-0.39, 0.29) is 23.4 Å². The van der Waals surface area contributed by atoms with Crippen LogP contribution < -0.4 is 14.8 Å². The number of ether oxygens (including phenoxy) is 1. The number of nitrogens with one attached hydrogen (secondary N) is 1. The highest BCUT2D eigenvalue weighted by Gasteiger charge is 2.41. The molecule has 0 bridgehead atoms. The number of Topliss-reactive ketones (excluding diaryl/α,β-unsaturated/α-hetero) is 1. The van der Waals surface area contributed by atoms with Crippen molar-refractivity contribution in [3.8, 4) is 5.75 Å². The lowest BCUT2D eigenvalue weighted by Crippen LogP contribution is -2.32. The quantitative estimate of drug-likeness (QED) is 0.414. The predicted molar refractivity (Wildman–Crippen MR) is 117 cm³/mol. The van der Waals surface area contributed by atoms with Crippen LogP contribution in [0.3, 0.4) is 0 Å². The maximum atomic E-state index is 14.9. The summed E-state index contributed by atoms with van der Waals surface area (Å²) in [5, 5.41) is 13.7. The summed E-state index contributed by atoms with van der Waals surface area (Å²) in [7, 11) is 1.47. The van der Waals surface area contributed by atoms with Crippen molar-refractivity contribution >= 4 is 22.7 Å². The number of hydrogen-bond donors (Lipinski definition) is 0. The largest absolute Gasteiger partial charge is 0.868 e. The smallest absolute Gasteiger partial charge is 0.240 e. The number of ketones is 1. The minimum atomic E-state index is -1.20. The number of nitrogens with zero attached hydrogens (tertiary/aromatic N) is 1. The van der Waals surface area contributed by atoms with Gasteiger partial charge in [-0.05, 0) is 30.0 Å². The monoisotopic (exact) mass is 458 g/mol. The second kappa shape index (κ2) is 8.47. The molecule has 1 aliphatic rings. The van der Waals surface area contributed by atoms with Crippen molar-refractivity contribution in [1.82, 2.24) is 4.90 Å². The molecule has 0 aliphatic carbocycles. The number of methoxy groups -OCH3 is 1. The number of aromatic amines is 1. The first kappa shape index (κ1) is 21.4. The molecule has 2 aromatic heterocycles. The third kappa shape index (κ3) is 3.49. The number of hydrogen-bond acceptors (Lipinski definition) is 5. The number of carbonyl (C=O) groups excluding carboxylic acids is 2. The summed E-state index contributed by atoms with van der Waals surface area (Å²) in [6, 6.07) is 14.7. The van der Waals surface area contributed by atoms with Gasteiger partial charge in [-0.1, -0.05) is 30.3 Å². The zero-order valence-electron chi connectivity index (χ0n) is 18.1. The molecule has 1 atom stereocenters. The lowest BCUT2D eigenvalue weighted by atomic mass is 9.94. The van der Waals surface area contributed by atoms with Crippen LogP contribution >= 0.6 is 0 Å². The van der Waals surface area contributed by atoms with E-state index in [4.69, 9.17) is 9.15 Å². The number of carbonyl (C=O) groups is 2. The number of para-hydroxylation sites is 1. The highest BCUT2D eigenvalue weighted by atomic mass is 19.1. The van der Waals surface area contributed by atoms with Gasteiger partial charge in [0.05, 0.1) is 19.7 Å². The standard InChI is InChI=1S/C26H19FN2O5/c1-33-19-10-4-7-16-12-20(34-25(16)19)23(30)21-22(17-8-2-3-9-18(17)27)29(26(32)24(21)31)14-15-6-5-11-28-13-15/h2-13,22,31H,14H2,1H3. The van der Waals surface area contributed by atoms with Gasteiger partial charge in [-0.3, -0.25) is 9.59 Å². The molecular weight excluding hydrogens is 439 g/mol. The fourth-order valence-corrected chi connectivity index (χ4v) is 4.22. The Morgan fingerprint density at radius 2 is 2.00 bits per heavy atom. The SMILES string of the molecule is COc1cccc2cc(C(=O)C3=C([O-])C(=O)N(Cc4ccc[nH+]c4)C3c3ccccc3F)oc12. The Morgan fingerprint density at radius 3 is 2.74 bits per heavy atom. The average Bonchev–Trinajstić information content (AvgIpc) is 3.40. The first-order valence-electron chi connectivity index (χ1n) is 10.5. The number of benzene rings is 2. The first-order chi connectivity index (χ1) is 16.5. The summed E-state index contributed by atoms with van der Waals surface area (Å²) in [5.41, 5.74) is 0.726. The van der Waals surface area contributed by atoms with E-state index < -0.39 is 29.3 Å². The van der Waals surface area contributed by atoms with E-state index in [1.54, 1.807) is 48.8 Å². The molecule has 1 aliphatic heterocycles. The van der Waals surface area contributed by atoms with E-state index >= 15 is 0 Å². The van der Waals surface area contributed by atoms with Crippen LogP contribution in [-0.4, -0.2) is 23.7 Å². The molecule has 0 fully saturated rings. The molecule has 7 nitrogen and oxygen atoms in total. The molecule has 2 aromatic carbocycles. The van der Waals surface area contributed by atoms with E-state index in [0.717, 1.165) is 0 Å². The van der Waals surface area contributed by atoms with E-state index in [1.165, 1.54) is 36.3 Å². The number of fused-ring (bicyclic) bond motifs is 1. The Kier molecular flexibility index (Phi) is 5.33. The maximum Gasteiger partial charge on any atom is 0.240 e. The van der Waals surface area contributed by atoms with E-state index in [9.17, 15) is 19.1 Å². The third-order valence-corrected chi connectivity index (χ3v) is 5.81. The van der Waals surface area contributed by atoms with Crippen molar-refractivity contribution in [2.24, 2.45) is 0 Å². The molecule has 0 radical (unpaired) electrons. The van der Waals surface area contributed by atoms with Crippen molar-refractivity contribution in [2.45, 2.75) is 12.6 Å². The van der Waals surface area contributed by atoms with Crippen LogP contribution in [0.4, 0.5) is 4.39 Å². The van der Waals surface area contributed by atoms with Gasteiger partial charge in [0.15, 0.2) is 29.5 Å². The molecule has 3 heterocycles. The molecule has 1 amide bonds. The van der Waals surface area contributed by atoms with Gasteiger partial charge in [0.2, 0.25) is 11.7 Å². The number of H-pyrrole nitrogens is 1. The zero-order chi connectivity index (χ0) is 23.8. The van der Waals surface area contributed by atoms with Crippen molar-refractivity contribution in [1.29, 1.82) is 0 Å². The van der Waals surface area contributed by atoms with Gasteiger partial charge < -0.3 is 19.2 Å². The van der Waals surface area contributed by atoms with Gasteiger partial charge in [-0.15, -0.1) is 0 Å². The number of halogens is 1. The van der Waals surface area contributed by atoms with Crippen molar-refractivity contribution in [3.05, 3.63) is 107 Å². The molecule has 1 unspecified atom stereocenters. The summed E-state index contributed by atoms with van der Waals surface area (Å²) in [6.07, 6.45) is 3.37. The van der Waals surface area contributed by atoms with Crippen LogP contribution in [0.15, 0.2) is 88.8 Å². The molecule has 0 saturated carbocycles. The van der Waals surface area contributed by atoms with Crippen LogP contribution in [0, 0.1) is 5.82 Å². The molecule has 8 heteroatoms.